The fraction of sp³-hybridized carbons (Fsp3) is 0.556. The first-order valence-electron chi connectivity index (χ1n) is 8.60. The summed E-state index contributed by atoms with van der Waals surface area (Å²) in [5, 5.41) is 8.66. The Morgan fingerprint density at radius 2 is 1.96 bits per heavy atom. The zero-order chi connectivity index (χ0) is 15.7. The van der Waals surface area contributed by atoms with Gasteiger partial charge in [0.05, 0.1) is 17.6 Å². The summed E-state index contributed by atoms with van der Waals surface area (Å²) in [6, 6.07) is 10.2. The van der Waals surface area contributed by atoms with Crippen molar-refractivity contribution in [3.8, 4) is 5.69 Å². The molecule has 0 N–H and O–H groups in total. The van der Waals surface area contributed by atoms with Crippen molar-refractivity contribution < 1.29 is 0 Å². The number of hydrogen-bond donors (Lipinski definition) is 0. The van der Waals surface area contributed by atoms with Crippen LogP contribution < -0.4 is 0 Å². The molecule has 2 aliphatic rings. The predicted octanol–water partition coefficient (Wildman–Crippen LogP) is 2.18. The summed E-state index contributed by atoms with van der Waals surface area (Å²) in [5.74, 6) is 0. The number of piperidine rings is 1. The lowest BCUT2D eigenvalue weighted by Gasteiger charge is -2.40. The lowest BCUT2D eigenvalue weighted by atomic mass is 9.79. The lowest BCUT2D eigenvalue weighted by molar-refractivity contribution is 0.0890. The highest BCUT2D eigenvalue weighted by Crippen LogP contribution is 2.38. The largest absolute Gasteiger partial charge is 0.306 e. The zero-order valence-corrected chi connectivity index (χ0v) is 13.9. The molecular weight excluding hydrogens is 286 g/mol. The van der Waals surface area contributed by atoms with Crippen LogP contribution in [0.1, 0.15) is 25.0 Å². The Kier molecular flexibility index (Phi) is 3.91. The maximum absolute atomic E-state index is 4.38. The van der Waals surface area contributed by atoms with Gasteiger partial charge in [0, 0.05) is 19.6 Å². The van der Waals surface area contributed by atoms with Crippen molar-refractivity contribution in [2.45, 2.75) is 25.8 Å². The molecule has 0 radical (unpaired) electrons. The second-order valence-corrected chi connectivity index (χ2v) is 7.29. The summed E-state index contributed by atoms with van der Waals surface area (Å²) in [4.78, 5) is 5.05. The first-order chi connectivity index (χ1) is 11.2. The van der Waals surface area contributed by atoms with Crippen molar-refractivity contribution in [3.63, 3.8) is 0 Å². The third kappa shape index (κ3) is 3.16. The maximum atomic E-state index is 4.38. The van der Waals surface area contributed by atoms with Gasteiger partial charge in [-0.2, -0.15) is 0 Å². The molecule has 1 aromatic heterocycles. The second kappa shape index (κ2) is 6.06. The van der Waals surface area contributed by atoms with Crippen LogP contribution >= 0.6 is 0 Å². The monoisotopic (exact) mass is 311 g/mol. The number of hydrogen-bond acceptors (Lipinski definition) is 4. The number of para-hydroxylation sites is 1. The van der Waals surface area contributed by atoms with Crippen molar-refractivity contribution in [1.29, 1.82) is 0 Å². The average molecular weight is 311 g/mol. The van der Waals surface area contributed by atoms with Gasteiger partial charge in [-0.25, -0.2) is 4.68 Å². The van der Waals surface area contributed by atoms with E-state index < -0.39 is 0 Å². The van der Waals surface area contributed by atoms with Crippen molar-refractivity contribution in [1.82, 2.24) is 24.8 Å². The van der Waals surface area contributed by atoms with E-state index in [1.54, 1.807) is 0 Å². The SMILES string of the molecule is CN1CCC2(CCCN(Cc3cn(-c4ccccc4)nn3)C2)C1. The van der Waals surface area contributed by atoms with E-state index in [-0.39, 0.29) is 0 Å². The van der Waals surface area contributed by atoms with E-state index in [4.69, 9.17) is 0 Å². The highest BCUT2D eigenvalue weighted by atomic mass is 15.4. The van der Waals surface area contributed by atoms with Crippen LogP contribution in [0.15, 0.2) is 36.5 Å². The molecule has 3 heterocycles. The van der Waals surface area contributed by atoms with Gasteiger partial charge < -0.3 is 4.90 Å². The zero-order valence-electron chi connectivity index (χ0n) is 13.9. The number of likely N-dealkylation sites (tertiary alicyclic amines) is 2. The number of benzene rings is 1. The Bertz CT molecular complexity index is 648. The molecule has 0 aliphatic carbocycles. The first-order valence-corrected chi connectivity index (χ1v) is 8.60. The molecule has 1 unspecified atom stereocenters. The number of nitrogens with zero attached hydrogens (tertiary/aromatic N) is 5. The van der Waals surface area contributed by atoms with Crippen LogP contribution in [0.3, 0.4) is 0 Å². The standard InChI is InChI=1S/C18H25N5/c1-21-11-9-18(14-21)8-5-10-22(15-18)12-16-13-23(20-19-16)17-6-3-2-4-7-17/h2-4,6-7,13H,5,8-12,14-15H2,1H3. The molecule has 122 valence electrons. The molecule has 0 amide bonds. The van der Waals surface area contributed by atoms with Crippen molar-refractivity contribution in [2.75, 3.05) is 33.2 Å². The van der Waals surface area contributed by atoms with Gasteiger partial charge in [-0.3, -0.25) is 4.90 Å². The summed E-state index contributed by atoms with van der Waals surface area (Å²) in [6.07, 6.45) is 6.10. The summed E-state index contributed by atoms with van der Waals surface area (Å²) >= 11 is 0. The smallest absolute Gasteiger partial charge is 0.0971 e. The van der Waals surface area contributed by atoms with Gasteiger partial charge in [0.2, 0.25) is 0 Å². The van der Waals surface area contributed by atoms with E-state index in [0.29, 0.717) is 5.41 Å². The van der Waals surface area contributed by atoms with E-state index >= 15 is 0 Å². The molecule has 0 saturated carbocycles. The Morgan fingerprint density at radius 3 is 2.74 bits per heavy atom. The van der Waals surface area contributed by atoms with Gasteiger partial charge in [-0.05, 0) is 56.9 Å². The van der Waals surface area contributed by atoms with E-state index in [9.17, 15) is 0 Å². The van der Waals surface area contributed by atoms with Gasteiger partial charge in [-0.15, -0.1) is 5.10 Å². The molecule has 5 nitrogen and oxygen atoms in total. The quantitative estimate of drug-likeness (QED) is 0.871. The minimum Gasteiger partial charge on any atom is -0.306 e. The first kappa shape index (κ1) is 14.8. The lowest BCUT2D eigenvalue weighted by Crippen LogP contribution is -2.44. The molecule has 1 atom stereocenters. The van der Waals surface area contributed by atoms with Crippen LogP contribution in [0.4, 0.5) is 0 Å². The Morgan fingerprint density at radius 1 is 1.09 bits per heavy atom. The van der Waals surface area contributed by atoms with Crippen LogP contribution in [0.25, 0.3) is 5.69 Å². The fourth-order valence-electron chi connectivity index (χ4n) is 4.24. The normalized spacial score (nSPS) is 26.1. The van der Waals surface area contributed by atoms with E-state index in [1.807, 2.05) is 22.9 Å². The topological polar surface area (TPSA) is 37.2 Å². The van der Waals surface area contributed by atoms with Gasteiger partial charge in [0.25, 0.3) is 0 Å². The van der Waals surface area contributed by atoms with Crippen LogP contribution in [0.2, 0.25) is 0 Å². The van der Waals surface area contributed by atoms with E-state index in [1.165, 1.54) is 45.4 Å². The molecule has 2 fully saturated rings. The molecule has 5 heteroatoms. The third-order valence-electron chi connectivity index (χ3n) is 5.32. The summed E-state index contributed by atoms with van der Waals surface area (Å²) in [7, 11) is 2.25. The molecule has 0 bridgehead atoms. The molecule has 2 aromatic rings. The third-order valence-corrected chi connectivity index (χ3v) is 5.32. The molecule has 23 heavy (non-hydrogen) atoms. The average Bonchev–Trinajstić information content (AvgIpc) is 3.16. The van der Waals surface area contributed by atoms with Crippen LogP contribution in [-0.4, -0.2) is 58.0 Å². The van der Waals surface area contributed by atoms with E-state index in [2.05, 4.69) is 45.5 Å². The summed E-state index contributed by atoms with van der Waals surface area (Å²) in [6.45, 7) is 5.80. The van der Waals surface area contributed by atoms with Gasteiger partial charge in [0.1, 0.15) is 0 Å². The fourth-order valence-corrected chi connectivity index (χ4v) is 4.24. The number of rotatable bonds is 3. The Hall–Kier alpha value is -1.72. The highest BCUT2D eigenvalue weighted by molar-refractivity contribution is 5.29. The Labute approximate surface area is 137 Å². The van der Waals surface area contributed by atoms with Crippen molar-refractivity contribution in [3.05, 3.63) is 42.2 Å². The minimum absolute atomic E-state index is 0.516. The molecule has 2 aliphatic heterocycles. The second-order valence-electron chi connectivity index (χ2n) is 7.29. The maximum Gasteiger partial charge on any atom is 0.0971 e. The predicted molar refractivity (Wildman–Crippen MR) is 90.4 cm³/mol. The molecule has 1 aromatic carbocycles. The Balaban J connectivity index is 1.43. The summed E-state index contributed by atoms with van der Waals surface area (Å²) in [5.41, 5.74) is 2.65. The summed E-state index contributed by atoms with van der Waals surface area (Å²) < 4.78 is 1.87. The molecule has 2 saturated heterocycles. The van der Waals surface area contributed by atoms with Gasteiger partial charge in [-0.1, -0.05) is 23.4 Å². The van der Waals surface area contributed by atoms with Crippen molar-refractivity contribution in [2.24, 2.45) is 5.41 Å². The highest BCUT2D eigenvalue weighted by Gasteiger charge is 2.40. The van der Waals surface area contributed by atoms with Crippen LogP contribution in [0, 0.1) is 5.41 Å². The van der Waals surface area contributed by atoms with Gasteiger partial charge >= 0.3 is 0 Å². The molecule has 1 spiro atoms. The van der Waals surface area contributed by atoms with Crippen LogP contribution in [-0.2, 0) is 6.54 Å². The molecular formula is C18H25N5. The van der Waals surface area contributed by atoms with Gasteiger partial charge in [0.15, 0.2) is 0 Å². The van der Waals surface area contributed by atoms with E-state index in [0.717, 1.165) is 17.9 Å². The van der Waals surface area contributed by atoms with Crippen LogP contribution in [0.5, 0.6) is 0 Å². The number of aromatic nitrogens is 3. The molecule has 4 rings (SSSR count). The van der Waals surface area contributed by atoms with Crippen molar-refractivity contribution >= 4 is 0 Å². The minimum atomic E-state index is 0.516.